The minimum atomic E-state index is -0.339. The van der Waals surface area contributed by atoms with Crippen molar-refractivity contribution in [3.63, 3.8) is 0 Å². The summed E-state index contributed by atoms with van der Waals surface area (Å²) in [7, 11) is 0. The summed E-state index contributed by atoms with van der Waals surface area (Å²) in [5.74, 6) is 1.08. The lowest BCUT2D eigenvalue weighted by Crippen LogP contribution is -2.61. The number of phenols is 1. The van der Waals surface area contributed by atoms with Crippen LogP contribution in [0.2, 0.25) is 0 Å². The summed E-state index contributed by atoms with van der Waals surface area (Å²) in [6, 6.07) is 13.6. The number of benzene rings is 2. The second-order valence-corrected chi connectivity index (χ2v) is 9.08. The molecule has 152 valence electrons. The van der Waals surface area contributed by atoms with Crippen molar-refractivity contribution in [1.29, 1.82) is 0 Å². The van der Waals surface area contributed by atoms with Crippen molar-refractivity contribution in [2.75, 3.05) is 13.1 Å². The summed E-state index contributed by atoms with van der Waals surface area (Å²) < 4.78 is 0. The average molecular weight is 392 g/mol. The summed E-state index contributed by atoms with van der Waals surface area (Å²) in [6.45, 7) is 2.10. The number of rotatable bonds is 4. The second kappa shape index (κ2) is 7.13. The molecule has 0 spiro atoms. The van der Waals surface area contributed by atoms with E-state index in [4.69, 9.17) is 0 Å². The van der Waals surface area contributed by atoms with E-state index in [9.17, 15) is 15.2 Å². The van der Waals surface area contributed by atoms with Gasteiger partial charge in [0.15, 0.2) is 0 Å². The summed E-state index contributed by atoms with van der Waals surface area (Å²) in [5, 5.41) is 21.0. The van der Waals surface area contributed by atoms with Gasteiger partial charge in [-0.1, -0.05) is 31.0 Å². The van der Waals surface area contributed by atoms with Crippen LogP contribution in [-0.4, -0.2) is 34.1 Å². The van der Waals surface area contributed by atoms with E-state index in [0.717, 1.165) is 31.5 Å². The third-order valence-electron chi connectivity index (χ3n) is 7.77. The highest BCUT2D eigenvalue weighted by molar-refractivity contribution is 5.45. The number of hydrogen-bond acceptors (Lipinski definition) is 4. The quantitative estimate of drug-likeness (QED) is 0.610. The maximum Gasteiger partial charge on any atom is 0.269 e. The van der Waals surface area contributed by atoms with Crippen molar-refractivity contribution in [1.82, 2.24) is 4.90 Å². The normalized spacial score (nSPS) is 28.4. The summed E-state index contributed by atoms with van der Waals surface area (Å²) >= 11 is 0. The van der Waals surface area contributed by atoms with Crippen molar-refractivity contribution in [3.05, 3.63) is 69.3 Å². The largest absolute Gasteiger partial charge is 0.508 e. The lowest BCUT2D eigenvalue weighted by atomic mass is 9.52. The molecule has 1 saturated carbocycles. The van der Waals surface area contributed by atoms with Gasteiger partial charge in [-0.3, -0.25) is 15.0 Å². The first-order valence-corrected chi connectivity index (χ1v) is 10.9. The molecule has 1 saturated heterocycles. The van der Waals surface area contributed by atoms with Crippen LogP contribution in [0.4, 0.5) is 5.69 Å². The fourth-order valence-corrected chi connectivity index (χ4v) is 6.41. The van der Waals surface area contributed by atoms with Gasteiger partial charge in [0.2, 0.25) is 0 Å². The van der Waals surface area contributed by atoms with Crippen LogP contribution in [0.3, 0.4) is 0 Å². The van der Waals surface area contributed by atoms with Gasteiger partial charge in [-0.2, -0.15) is 0 Å². The smallest absolute Gasteiger partial charge is 0.269 e. The van der Waals surface area contributed by atoms with Crippen LogP contribution in [-0.2, 0) is 18.3 Å². The van der Waals surface area contributed by atoms with E-state index >= 15 is 0 Å². The Bertz CT molecular complexity index is 926. The topological polar surface area (TPSA) is 66.6 Å². The molecule has 1 aliphatic heterocycles. The molecule has 2 aromatic rings. The summed E-state index contributed by atoms with van der Waals surface area (Å²) in [6.07, 6.45) is 8.31. The van der Waals surface area contributed by atoms with Gasteiger partial charge in [0.1, 0.15) is 5.75 Å². The fourth-order valence-electron chi connectivity index (χ4n) is 6.41. The Labute approximate surface area is 171 Å². The molecule has 0 unspecified atom stereocenters. The number of likely N-dealkylation sites (tertiary alicyclic amines) is 1. The Morgan fingerprint density at radius 1 is 1.14 bits per heavy atom. The lowest BCUT2D eigenvalue weighted by molar-refractivity contribution is -0.384. The van der Waals surface area contributed by atoms with Crippen molar-refractivity contribution >= 4 is 5.69 Å². The van der Waals surface area contributed by atoms with E-state index in [-0.39, 0.29) is 16.0 Å². The Balaban J connectivity index is 1.38. The van der Waals surface area contributed by atoms with E-state index in [1.807, 2.05) is 18.2 Å². The van der Waals surface area contributed by atoms with Crippen LogP contribution in [0, 0.1) is 16.0 Å². The first kappa shape index (κ1) is 18.6. The highest BCUT2D eigenvalue weighted by Crippen LogP contribution is 2.56. The maximum absolute atomic E-state index is 10.9. The van der Waals surface area contributed by atoms with Crippen molar-refractivity contribution in [3.8, 4) is 5.75 Å². The molecule has 3 aliphatic rings. The number of aromatic hydroxyl groups is 1. The average Bonchev–Trinajstić information content (AvgIpc) is 2.74. The first-order valence-electron chi connectivity index (χ1n) is 10.9. The molecular weight excluding hydrogens is 364 g/mol. The lowest BCUT2D eigenvalue weighted by Gasteiger charge is -2.59. The number of nitro benzene ring substituents is 1. The van der Waals surface area contributed by atoms with Crippen LogP contribution in [0.15, 0.2) is 42.5 Å². The van der Waals surface area contributed by atoms with Crippen LogP contribution in [0.25, 0.3) is 0 Å². The zero-order chi connectivity index (χ0) is 20.0. The Kier molecular flexibility index (Phi) is 4.58. The number of nitrogens with zero attached hydrogens (tertiary/aromatic N) is 2. The predicted molar refractivity (Wildman–Crippen MR) is 112 cm³/mol. The van der Waals surface area contributed by atoms with E-state index in [1.165, 1.54) is 43.2 Å². The van der Waals surface area contributed by atoms with Gasteiger partial charge in [-0.25, -0.2) is 0 Å². The van der Waals surface area contributed by atoms with Gasteiger partial charge in [-0.05, 0) is 73.4 Å². The molecule has 29 heavy (non-hydrogen) atoms. The minimum Gasteiger partial charge on any atom is -0.508 e. The second-order valence-electron chi connectivity index (χ2n) is 9.08. The van der Waals surface area contributed by atoms with Gasteiger partial charge in [0.25, 0.3) is 5.69 Å². The van der Waals surface area contributed by atoms with E-state index in [0.29, 0.717) is 17.7 Å². The molecule has 2 aliphatic carbocycles. The van der Waals surface area contributed by atoms with Crippen LogP contribution in [0.1, 0.15) is 48.8 Å². The molecule has 1 N–H and O–H groups in total. The van der Waals surface area contributed by atoms with Crippen molar-refractivity contribution in [2.24, 2.45) is 5.92 Å². The maximum atomic E-state index is 10.9. The molecule has 0 amide bonds. The first-order chi connectivity index (χ1) is 14.1. The summed E-state index contributed by atoms with van der Waals surface area (Å²) in [4.78, 5) is 13.2. The molecule has 2 aromatic carbocycles. The number of fused-ring (bicyclic) bond motifs is 1. The third kappa shape index (κ3) is 3.12. The Morgan fingerprint density at radius 2 is 1.97 bits per heavy atom. The number of hydrogen-bond donors (Lipinski definition) is 1. The van der Waals surface area contributed by atoms with Gasteiger partial charge in [0, 0.05) is 30.1 Å². The third-order valence-corrected chi connectivity index (χ3v) is 7.77. The van der Waals surface area contributed by atoms with E-state index < -0.39 is 0 Å². The molecule has 0 radical (unpaired) electrons. The van der Waals surface area contributed by atoms with Gasteiger partial charge in [-0.15, -0.1) is 0 Å². The zero-order valence-electron chi connectivity index (χ0n) is 16.7. The highest BCUT2D eigenvalue weighted by Gasteiger charge is 2.53. The zero-order valence-corrected chi connectivity index (χ0v) is 16.7. The van der Waals surface area contributed by atoms with Crippen molar-refractivity contribution < 1.29 is 10.0 Å². The number of nitro groups is 1. The molecule has 1 heterocycles. The minimum absolute atomic E-state index is 0.158. The highest BCUT2D eigenvalue weighted by atomic mass is 16.6. The number of phenolic OH excluding ortho intramolecular Hbond substituents is 1. The molecule has 5 nitrogen and oxygen atoms in total. The van der Waals surface area contributed by atoms with Gasteiger partial charge < -0.3 is 5.11 Å². The Morgan fingerprint density at radius 3 is 2.76 bits per heavy atom. The van der Waals surface area contributed by atoms with E-state index in [1.54, 1.807) is 12.1 Å². The Hall–Kier alpha value is -2.40. The standard InChI is InChI=1S/C24H28N2O3/c27-20-9-6-18-15-23-21-3-1-2-11-24(21,22(18)16-20)12-14-25(23)13-10-17-4-7-19(8-5-17)26(28)29/h4-9,16,21,23,27H,1-3,10-15H2/t21-,23-,24-/m0/s1. The van der Waals surface area contributed by atoms with Crippen LogP contribution in [0.5, 0.6) is 5.75 Å². The molecular formula is C24H28N2O3. The van der Waals surface area contributed by atoms with E-state index in [2.05, 4.69) is 17.0 Å². The summed E-state index contributed by atoms with van der Waals surface area (Å²) in [5.41, 5.74) is 4.42. The predicted octanol–water partition coefficient (Wildman–Crippen LogP) is 4.60. The number of non-ortho nitro benzene ring substituents is 1. The fraction of sp³-hybridized carbons (Fsp3) is 0.500. The monoisotopic (exact) mass is 392 g/mol. The molecule has 5 rings (SSSR count). The van der Waals surface area contributed by atoms with Crippen molar-refractivity contribution in [2.45, 2.75) is 56.4 Å². The SMILES string of the molecule is O=[N+]([O-])c1ccc(CCN2CC[C@@]34CCCC[C@H]3[C@@H]2Cc2ccc(O)cc24)cc1. The number of piperidine rings is 1. The molecule has 0 aromatic heterocycles. The molecule has 2 bridgehead atoms. The van der Waals surface area contributed by atoms with Crippen LogP contribution >= 0.6 is 0 Å². The molecule has 2 fully saturated rings. The molecule has 5 heteroatoms. The molecule has 3 atom stereocenters. The van der Waals surface area contributed by atoms with Gasteiger partial charge in [0.05, 0.1) is 4.92 Å². The van der Waals surface area contributed by atoms with Crippen LogP contribution < -0.4 is 0 Å². The van der Waals surface area contributed by atoms with Gasteiger partial charge >= 0.3 is 0 Å².